The lowest BCUT2D eigenvalue weighted by molar-refractivity contribution is 0.415. The summed E-state index contributed by atoms with van der Waals surface area (Å²) in [6, 6.07) is 17.6. The number of anilines is 1. The zero-order valence-electron chi connectivity index (χ0n) is 15.6. The van der Waals surface area contributed by atoms with Crippen molar-refractivity contribution in [3.05, 3.63) is 71.2 Å². The Bertz CT molecular complexity index is 1320. The summed E-state index contributed by atoms with van der Waals surface area (Å²) in [5.41, 5.74) is 3.10. The second kappa shape index (κ2) is 7.67. The van der Waals surface area contributed by atoms with Crippen molar-refractivity contribution in [1.82, 2.24) is 4.98 Å². The molecule has 1 aromatic heterocycles. The number of halogens is 1. The largest absolute Gasteiger partial charge is 0.497 e. The molecular weight excluding hydrogens is 428 g/mol. The van der Waals surface area contributed by atoms with Gasteiger partial charge < -0.3 is 4.74 Å². The molecular formula is C21H17ClN2O3S2. The molecule has 0 atom stereocenters. The van der Waals surface area contributed by atoms with E-state index in [9.17, 15) is 8.42 Å². The van der Waals surface area contributed by atoms with Crippen LogP contribution in [0, 0.1) is 6.92 Å². The van der Waals surface area contributed by atoms with Gasteiger partial charge in [-0.3, -0.25) is 4.72 Å². The van der Waals surface area contributed by atoms with E-state index < -0.39 is 10.0 Å². The average molecular weight is 445 g/mol. The molecule has 148 valence electrons. The third kappa shape index (κ3) is 3.94. The first-order valence-corrected chi connectivity index (χ1v) is 11.4. The second-order valence-electron chi connectivity index (χ2n) is 6.42. The summed E-state index contributed by atoms with van der Waals surface area (Å²) < 4.78 is 34.3. The molecule has 0 saturated heterocycles. The van der Waals surface area contributed by atoms with Gasteiger partial charge >= 0.3 is 0 Å². The van der Waals surface area contributed by atoms with Gasteiger partial charge in [0.2, 0.25) is 0 Å². The standard InChI is InChI=1S/C21H17ClN2O3S2/c1-13-11-14(21-23-18-10-8-15(27-2)12-19(18)28-21)7-9-17(13)24-29(25,26)20-6-4-3-5-16(20)22/h3-12,24H,1-2H3. The smallest absolute Gasteiger partial charge is 0.263 e. The molecule has 0 aliphatic rings. The predicted molar refractivity (Wildman–Crippen MR) is 119 cm³/mol. The maximum atomic E-state index is 12.7. The Kier molecular flexibility index (Phi) is 5.21. The van der Waals surface area contributed by atoms with Gasteiger partial charge in [-0.2, -0.15) is 0 Å². The van der Waals surface area contributed by atoms with Crippen molar-refractivity contribution >= 4 is 48.9 Å². The van der Waals surface area contributed by atoms with Gasteiger partial charge in [0.05, 0.1) is 28.0 Å². The molecule has 4 aromatic rings. The number of thiazole rings is 1. The highest BCUT2D eigenvalue weighted by Crippen LogP contribution is 2.34. The Balaban J connectivity index is 1.65. The first kappa shape index (κ1) is 19.7. The van der Waals surface area contributed by atoms with Gasteiger partial charge in [0.1, 0.15) is 15.7 Å². The molecule has 0 bridgehead atoms. The molecule has 29 heavy (non-hydrogen) atoms. The van der Waals surface area contributed by atoms with E-state index >= 15 is 0 Å². The number of benzene rings is 3. The van der Waals surface area contributed by atoms with Crippen LogP contribution in [0.15, 0.2) is 65.6 Å². The van der Waals surface area contributed by atoms with Crippen LogP contribution in [0.4, 0.5) is 5.69 Å². The molecule has 0 unspecified atom stereocenters. The van der Waals surface area contributed by atoms with Gasteiger partial charge in [-0.15, -0.1) is 11.3 Å². The van der Waals surface area contributed by atoms with Crippen LogP contribution in [0.3, 0.4) is 0 Å². The number of nitrogens with one attached hydrogen (secondary N) is 1. The van der Waals surface area contributed by atoms with Gasteiger partial charge in [0.25, 0.3) is 10.0 Å². The monoisotopic (exact) mass is 444 g/mol. The van der Waals surface area contributed by atoms with Crippen molar-refractivity contribution in [2.75, 3.05) is 11.8 Å². The van der Waals surface area contributed by atoms with E-state index in [4.69, 9.17) is 16.3 Å². The van der Waals surface area contributed by atoms with Crippen LogP contribution in [0.1, 0.15) is 5.56 Å². The summed E-state index contributed by atoms with van der Waals surface area (Å²) >= 11 is 7.60. The maximum Gasteiger partial charge on any atom is 0.263 e. The molecule has 0 fully saturated rings. The fraction of sp³-hybridized carbons (Fsp3) is 0.0952. The van der Waals surface area contributed by atoms with Crippen LogP contribution < -0.4 is 9.46 Å². The number of rotatable bonds is 5. The first-order valence-electron chi connectivity index (χ1n) is 8.70. The molecule has 0 amide bonds. The topological polar surface area (TPSA) is 68.3 Å². The summed E-state index contributed by atoms with van der Waals surface area (Å²) in [5, 5.41) is 1.04. The number of nitrogens with zero attached hydrogens (tertiary/aromatic N) is 1. The lowest BCUT2D eigenvalue weighted by Gasteiger charge is -2.12. The minimum atomic E-state index is -3.78. The van der Waals surface area contributed by atoms with Crippen molar-refractivity contribution in [2.45, 2.75) is 11.8 Å². The first-order chi connectivity index (χ1) is 13.9. The van der Waals surface area contributed by atoms with Gasteiger partial charge in [0, 0.05) is 5.56 Å². The van der Waals surface area contributed by atoms with Crippen LogP contribution >= 0.6 is 22.9 Å². The number of hydrogen-bond acceptors (Lipinski definition) is 5. The molecule has 0 saturated carbocycles. The SMILES string of the molecule is COc1ccc2nc(-c3ccc(NS(=O)(=O)c4ccccc4Cl)c(C)c3)sc2c1. The van der Waals surface area contributed by atoms with Crippen LogP contribution in [-0.4, -0.2) is 20.5 Å². The predicted octanol–water partition coefficient (Wildman–Crippen LogP) is 5.73. The van der Waals surface area contributed by atoms with E-state index in [1.807, 2.05) is 37.3 Å². The number of hydrogen-bond donors (Lipinski definition) is 1. The normalized spacial score (nSPS) is 11.6. The number of aryl methyl sites for hydroxylation is 1. The molecule has 0 aliphatic carbocycles. The van der Waals surface area contributed by atoms with Crippen molar-refractivity contribution in [1.29, 1.82) is 0 Å². The van der Waals surface area contributed by atoms with Crippen LogP contribution in [0.2, 0.25) is 5.02 Å². The number of fused-ring (bicyclic) bond motifs is 1. The molecule has 4 rings (SSSR count). The summed E-state index contributed by atoms with van der Waals surface area (Å²) in [6.07, 6.45) is 0. The lowest BCUT2D eigenvalue weighted by Crippen LogP contribution is -2.14. The van der Waals surface area contributed by atoms with Crippen molar-refractivity contribution < 1.29 is 13.2 Å². The van der Waals surface area contributed by atoms with Gasteiger partial charge in [-0.1, -0.05) is 23.7 Å². The van der Waals surface area contributed by atoms with E-state index in [1.165, 1.54) is 6.07 Å². The van der Waals surface area contributed by atoms with Crippen molar-refractivity contribution in [2.24, 2.45) is 0 Å². The fourth-order valence-electron chi connectivity index (χ4n) is 2.93. The summed E-state index contributed by atoms with van der Waals surface area (Å²) in [7, 11) is -2.15. The summed E-state index contributed by atoms with van der Waals surface area (Å²) in [6.45, 7) is 1.85. The van der Waals surface area contributed by atoms with Gasteiger partial charge in [-0.25, -0.2) is 13.4 Å². The Hall–Kier alpha value is -2.61. The van der Waals surface area contributed by atoms with E-state index in [1.54, 1.807) is 42.7 Å². The molecule has 0 aliphatic heterocycles. The number of ether oxygens (including phenoxy) is 1. The minimum Gasteiger partial charge on any atom is -0.497 e. The zero-order chi connectivity index (χ0) is 20.6. The number of aromatic nitrogens is 1. The Morgan fingerprint density at radius 1 is 1.07 bits per heavy atom. The molecule has 3 aromatic carbocycles. The lowest BCUT2D eigenvalue weighted by atomic mass is 10.1. The van der Waals surface area contributed by atoms with Crippen LogP contribution in [-0.2, 0) is 10.0 Å². The van der Waals surface area contributed by atoms with Crippen LogP contribution in [0.5, 0.6) is 5.75 Å². The second-order valence-corrected chi connectivity index (χ2v) is 9.51. The van der Waals surface area contributed by atoms with Crippen LogP contribution in [0.25, 0.3) is 20.8 Å². The van der Waals surface area contributed by atoms with Gasteiger partial charge in [0.15, 0.2) is 0 Å². The van der Waals surface area contributed by atoms with Gasteiger partial charge in [-0.05, 0) is 61.0 Å². The molecule has 0 spiro atoms. The quantitative estimate of drug-likeness (QED) is 0.426. The highest BCUT2D eigenvalue weighted by atomic mass is 35.5. The highest BCUT2D eigenvalue weighted by Gasteiger charge is 2.19. The molecule has 8 heteroatoms. The number of sulfonamides is 1. The van der Waals surface area contributed by atoms with Crippen molar-refractivity contribution in [3.8, 4) is 16.3 Å². The van der Waals surface area contributed by atoms with E-state index in [0.717, 1.165) is 32.1 Å². The molecule has 0 radical (unpaired) electrons. The Morgan fingerprint density at radius 2 is 1.86 bits per heavy atom. The third-order valence-corrected chi connectivity index (χ3v) is 7.37. The summed E-state index contributed by atoms with van der Waals surface area (Å²) in [5.74, 6) is 0.785. The molecule has 1 N–H and O–H groups in total. The highest BCUT2D eigenvalue weighted by molar-refractivity contribution is 7.92. The van der Waals surface area contributed by atoms with E-state index in [2.05, 4.69) is 9.71 Å². The summed E-state index contributed by atoms with van der Waals surface area (Å²) in [4.78, 5) is 4.72. The van der Waals surface area contributed by atoms with E-state index in [-0.39, 0.29) is 9.92 Å². The van der Waals surface area contributed by atoms with Crippen molar-refractivity contribution in [3.63, 3.8) is 0 Å². The van der Waals surface area contributed by atoms with E-state index in [0.29, 0.717) is 5.69 Å². The number of methoxy groups -OCH3 is 1. The maximum absolute atomic E-state index is 12.7. The Morgan fingerprint density at radius 3 is 2.59 bits per heavy atom. The average Bonchev–Trinajstić information content (AvgIpc) is 3.12. The fourth-order valence-corrected chi connectivity index (χ4v) is 5.57. The molecule has 5 nitrogen and oxygen atoms in total. The third-order valence-electron chi connectivity index (χ3n) is 4.44. The minimum absolute atomic E-state index is 0.0465. The Labute approximate surface area is 178 Å². The zero-order valence-corrected chi connectivity index (χ0v) is 18.0. The molecule has 1 heterocycles.